The molecule has 0 aliphatic heterocycles. The molecule has 1 nitrogen and oxygen atoms in total. The highest BCUT2D eigenvalue weighted by molar-refractivity contribution is 5.17. The summed E-state index contributed by atoms with van der Waals surface area (Å²) < 4.78 is 0. The minimum Gasteiger partial charge on any atom is -0.314 e. The van der Waals surface area contributed by atoms with Crippen LogP contribution < -0.4 is 5.32 Å². The Morgan fingerprint density at radius 2 is 2.06 bits per heavy atom. The molecule has 1 aliphatic carbocycles. The van der Waals surface area contributed by atoms with E-state index in [-0.39, 0.29) is 0 Å². The molecule has 1 saturated carbocycles. The lowest BCUT2D eigenvalue weighted by atomic mass is 9.82. The van der Waals surface area contributed by atoms with Gasteiger partial charge in [0.25, 0.3) is 0 Å². The molecule has 0 spiro atoms. The molecule has 1 fully saturated rings. The minimum atomic E-state index is 0.508. The van der Waals surface area contributed by atoms with Crippen LogP contribution in [-0.4, -0.2) is 12.6 Å². The average Bonchev–Trinajstić information content (AvgIpc) is 2.62. The predicted molar refractivity (Wildman–Crippen MR) is 69.6 cm³/mol. The molecular formula is C15H23N. The molecule has 1 aliphatic rings. The first kappa shape index (κ1) is 11.7. The van der Waals surface area contributed by atoms with Gasteiger partial charge < -0.3 is 5.32 Å². The van der Waals surface area contributed by atoms with Gasteiger partial charge in [0, 0.05) is 6.04 Å². The molecular weight excluding hydrogens is 194 g/mol. The minimum absolute atomic E-state index is 0.508. The predicted octanol–water partition coefficient (Wildman–Crippen LogP) is 3.40. The van der Waals surface area contributed by atoms with Crippen LogP contribution in [0.25, 0.3) is 0 Å². The van der Waals surface area contributed by atoms with Crippen LogP contribution in [0.3, 0.4) is 0 Å². The number of hydrogen-bond donors (Lipinski definition) is 1. The molecule has 0 radical (unpaired) electrons. The zero-order valence-corrected chi connectivity index (χ0v) is 10.5. The zero-order valence-electron chi connectivity index (χ0n) is 10.5. The van der Waals surface area contributed by atoms with Gasteiger partial charge in [-0.15, -0.1) is 0 Å². The second-order valence-corrected chi connectivity index (χ2v) is 5.47. The Kier molecular flexibility index (Phi) is 3.65. The van der Waals surface area contributed by atoms with E-state index in [0.29, 0.717) is 5.41 Å². The maximum Gasteiger partial charge on any atom is 0.00724 e. The Labute approximate surface area is 99.3 Å². The maximum atomic E-state index is 3.59. The van der Waals surface area contributed by atoms with Gasteiger partial charge in [-0.25, -0.2) is 0 Å². The van der Waals surface area contributed by atoms with Gasteiger partial charge in [-0.2, -0.15) is 0 Å². The molecule has 88 valence electrons. The van der Waals surface area contributed by atoms with Crippen LogP contribution in [0.1, 0.15) is 38.7 Å². The smallest absolute Gasteiger partial charge is 0.00724 e. The fraction of sp³-hybridized carbons (Fsp3) is 0.600. The van der Waals surface area contributed by atoms with Crippen LogP contribution in [-0.2, 0) is 6.42 Å². The molecule has 1 aromatic carbocycles. The van der Waals surface area contributed by atoms with Crippen molar-refractivity contribution in [2.24, 2.45) is 5.41 Å². The van der Waals surface area contributed by atoms with Crippen LogP contribution in [0, 0.1) is 5.41 Å². The van der Waals surface area contributed by atoms with E-state index in [4.69, 9.17) is 0 Å². The molecule has 0 amide bonds. The van der Waals surface area contributed by atoms with Crippen LogP contribution in [0.15, 0.2) is 30.3 Å². The van der Waals surface area contributed by atoms with E-state index in [2.05, 4.69) is 49.5 Å². The zero-order chi connectivity index (χ0) is 11.4. The summed E-state index contributed by atoms with van der Waals surface area (Å²) in [4.78, 5) is 0. The van der Waals surface area contributed by atoms with Crippen molar-refractivity contribution >= 4 is 0 Å². The number of benzene rings is 1. The van der Waals surface area contributed by atoms with Gasteiger partial charge in [-0.1, -0.05) is 44.2 Å². The summed E-state index contributed by atoms with van der Waals surface area (Å²) in [7, 11) is 0. The summed E-state index contributed by atoms with van der Waals surface area (Å²) in [5, 5.41) is 3.59. The standard InChI is InChI=1S/C15H23N/c1-3-16-14-9-10-15(2,12-14)11-13-7-5-4-6-8-13/h4-8,14,16H,3,9-12H2,1-2H3. The number of hydrogen-bond acceptors (Lipinski definition) is 1. The third-order valence-electron chi connectivity index (χ3n) is 3.80. The fourth-order valence-electron chi connectivity index (χ4n) is 3.03. The summed E-state index contributed by atoms with van der Waals surface area (Å²) >= 11 is 0. The lowest BCUT2D eigenvalue weighted by molar-refractivity contribution is 0.322. The van der Waals surface area contributed by atoms with Gasteiger partial charge >= 0.3 is 0 Å². The van der Waals surface area contributed by atoms with Crippen LogP contribution in [0.5, 0.6) is 0 Å². The highest BCUT2D eigenvalue weighted by Gasteiger charge is 2.34. The summed E-state index contributed by atoms with van der Waals surface area (Å²) in [5.74, 6) is 0. The van der Waals surface area contributed by atoms with Crippen molar-refractivity contribution in [1.29, 1.82) is 0 Å². The van der Waals surface area contributed by atoms with Gasteiger partial charge in [0.1, 0.15) is 0 Å². The topological polar surface area (TPSA) is 12.0 Å². The molecule has 1 heteroatoms. The molecule has 2 unspecified atom stereocenters. The summed E-state index contributed by atoms with van der Waals surface area (Å²) in [6.45, 7) is 5.75. The van der Waals surface area contributed by atoms with Gasteiger partial charge in [-0.05, 0) is 43.2 Å². The van der Waals surface area contributed by atoms with E-state index >= 15 is 0 Å². The second-order valence-electron chi connectivity index (χ2n) is 5.47. The van der Waals surface area contributed by atoms with Crippen LogP contribution >= 0.6 is 0 Å². The third-order valence-corrected chi connectivity index (χ3v) is 3.80. The molecule has 0 aromatic heterocycles. The molecule has 1 aromatic rings. The number of nitrogens with one attached hydrogen (secondary N) is 1. The van der Waals surface area contributed by atoms with E-state index in [1.54, 1.807) is 0 Å². The second kappa shape index (κ2) is 5.01. The molecule has 0 heterocycles. The normalized spacial score (nSPS) is 29.5. The third kappa shape index (κ3) is 2.85. The van der Waals surface area contributed by atoms with E-state index < -0.39 is 0 Å². The van der Waals surface area contributed by atoms with E-state index in [1.807, 2.05) is 0 Å². The van der Waals surface area contributed by atoms with E-state index in [0.717, 1.165) is 12.6 Å². The highest BCUT2D eigenvalue weighted by atomic mass is 14.9. The van der Waals surface area contributed by atoms with Crippen molar-refractivity contribution in [1.82, 2.24) is 5.32 Å². The van der Waals surface area contributed by atoms with Crippen molar-refractivity contribution in [3.8, 4) is 0 Å². The molecule has 2 atom stereocenters. The number of rotatable bonds is 4. The van der Waals surface area contributed by atoms with Crippen LogP contribution in [0.4, 0.5) is 0 Å². The molecule has 0 bridgehead atoms. The Morgan fingerprint density at radius 3 is 2.75 bits per heavy atom. The highest BCUT2D eigenvalue weighted by Crippen LogP contribution is 2.40. The Morgan fingerprint density at radius 1 is 1.31 bits per heavy atom. The molecule has 1 N–H and O–H groups in total. The molecule has 0 saturated heterocycles. The van der Waals surface area contributed by atoms with Crippen molar-refractivity contribution in [3.05, 3.63) is 35.9 Å². The van der Waals surface area contributed by atoms with Gasteiger partial charge in [0.15, 0.2) is 0 Å². The van der Waals surface area contributed by atoms with E-state index in [1.165, 1.54) is 31.2 Å². The Balaban J connectivity index is 1.95. The van der Waals surface area contributed by atoms with Crippen molar-refractivity contribution < 1.29 is 0 Å². The first-order valence-corrected chi connectivity index (χ1v) is 6.49. The summed E-state index contributed by atoms with van der Waals surface area (Å²) in [6, 6.07) is 11.7. The average molecular weight is 217 g/mol. The van der Waals surface area contributed by atoms with Crippen molar-refractivity contribution in [2.75, 3.05) is 6.54 Å². The lowest BCUT2D eigenvalue weighted by Gasteiger charge is -2.24. The summed E-state index contributed by atoms with van der Waals surface area (Å²) in [6.07, 6.45) is 5.27. The van der Waals surface area contributed by atoms with Crippen molar-refractivity contribution in [2.45, 2.75) is 45.6 Å². The SMILES string of the molecule is CCNC1CCC(C)(Cc2ccccc2)C1. The first-order valence-electron chi connectivity index (χ1n) is 6.49. The van der Waals surface area contributed by atoms with Crippen LogP contribution in [0.2, 0.25) is 0 Å². The summed E-state index contributed by atoms with van der Waals surface area (Å²) in [5.41, 5.74) is 2.00. The monoisotopic (exact) mass is 217 g/mol. The quantitative estimate of drug-likeness (QED) is 0.815. The van der Waals surface area contributed by atoms with Crippen molar-refractivity contribution in [3.63, 3.8) is 0 Å². The fourth-order valence-corrected chi connectivity index (χ4v) is 3.03. The lowest BCUT2D eigenvalue weighted by Crippen LogP contribution is -2.28. The van der Waals surface area contributed by atoms with Gasteiger partial charge in [0.2, 0.25) is 0 Å². The van der Waals surface area contributed by atoms with Gasteiger partial charge in [0.05, 0.1) is 0 Å². The van der Waals surface area contributed by atoms with Gasteiger partial charge in [-0.3, -0.25) is 0 Å². The molecule has 2 rings (SSSR count). The Hall–Kier alpha value is -0.820. The molecule has 16 heavy (non-hydrogen) atoms. The van der Waals surface area contributed by atoms with E-state index in [9.17, 15) is 0 Å². The Bertz CT molecular complexity index is 319. The first-order chi connectivity index (χ1) is 7.72. The largest absolute Gasteiger partial charge is 0.314 e. The maximum absolute atomic E-state index is 3.59.